The average Bonchev–Trinajstić information content (AvgIpc) is 2.67. The molecule has 25 heavy (non-hydrogen) atoms. The quantitative estimate of drug-likeness (QED) is 0.657. The third-order valence-corrected chi connectivity index (χ3v) is 5.05. The molecule has 0 radical (unpaired) electrons. The third-order valence-electron chi connectivity index (χ3n) is 4.11. The fraction of sp³-hybridized carbons (Fsp3) is 0.278. The van der Waals surface area contributed by atoms with Gasteiger partial charge >= 0.3 is 0 Å². The van der Waals surface area contributed by atoms with Gasteiger partial charge in [-0.1, -0.05) is 12.1 Å². The standard InChI is InChI=1S/C18H19N3O3S/c22-18(15-3-7-17(8-4-15)21(23)24)19-13-14-1-5-16(6-2-14)20-9-11-25-12-10-20/h1-8H,9-13H2,(H,19,22). The molecule has 130 valence electrons. The van der Waals surface area contributed by atoms with Crippen molar-refractivity contribution in [1.82, 2.24) is 5.32 Å². The largest absolute Gasteiger partial charge is 0.370 e. The number of rotatable bonds is 5. The van der Waals surface area contributed by atoms with Crippen LogP contribution < -0.4 is 10.2 Å². The maximum Gasteiger partial charge on any atom is 0.269 e. The minimum atomic E-state index is -0.482. The second kappa shape index (κ2) is 8.02. The summed E-state index contributed by atoms with van der Waals surface area (Å²) in [6.45, 7) is 2.56. The topological polar surface area (TPSA) is 75.5 Å². The molecule has 2 aromatic rings. The number of benzene rings is 2. The molecule has 0 saturated carbocycles. The number of hydrogen-bond donors (Lipinski definition) is 1. The second-order valence-electron chi connectivity index (χ2n) is 5.75. The van der Waals surface area contributed by atoms with E-state index in [1.54, 1.807) is 0 Å². The molecule has 0 bridgehead atoms. The molecule has 0 atom stereocenters. The van der Waals surface area contributed by atoms with E-state index in [9.17, 15) is 14.9 Å². The van der Waals surface area contributed by atoms with Crippen LogP contribution >= 0.6 is 11.8 Å². The van der Waals surface area contributed by atoms with E-state index >= 15 is 0 Å². The van der Waals surface area contributed by atoms with E-state index in [4.69, 9.17) is 0 Å². The van der Waals surface area contributed by atoms with Gasteiger partial charge in [-0.05, 0) is 29.8 Å². The van der Waals surface area contributed by atoms with E-state index in [1.807, 2.05) is 23.9 Å². The van der Waals surface area contributed by atoms with Crippen LogP contribution in [0.2, 0.25) is 0 Å². The summed E-state index contributed by atoms with van der Waals surface area (Å²) in [5, 5.41) is 13.5. The van der Waals surface area contributed by atoms with Crippen molar-refractivity contribution in [1.29, 1.82) is 0 Å². The molecule has 0 spiro atoms. The fourth-order valence-electron chi connectivity index (χ4n) is 2.67. The van der Waals surface area contributed by atoms with E-state index in [0.717, 1.165) is 30.2 Å². The number of thioether (sulfide) groups is 1. The fourth-order valence-corrected chi connectivity index (χ4v) is 3.57. The Bertz CT molecular complexity index is 741. The predicted molar refractivity (Wildman–Crippen MR) is 100 cm³/mol. The summed E-state index contributed by atoms with van der Waals surface area (Å²) in [6.07, 6.45) is 0. The summed E-state index contributed by atoms with van der Waals surface area (Å²) < 4.78 is 0. The zero-order chi connectivity index (χ0) is 17.6. The van der Waals surface area contributed by atoms with Crippen molar-refractivity contribution < 1.29 is 9.72 Å². The molecule has 1 aliphatic rings. The van der Waals surface area contributed by atoms with Crippen molar-refractivity contribution in [3.63, 3.8) is 0 Å². The Labute approximate surface area is 150 Å². The number of nitro groups is 1. The Balaban J connectivity index is 1.55. The van der Waals surface area contributed by atoms with Crippen LogP contribution in [0.15, 0.2) is 48.5 Å². The Morgan fingerprint density at radius 3 is 2.32 bits per heavy atom. The molecule has 1 N–H and O–H groups in total. The maximum atomic E-state index is 12.1. The van der Waals surface area contributed by atoms with Gasteiger partial charge in [0.05, 0.1) is 4.92 Å². The number of non-ortho nitro benzene ring substituents is 1. The first-order chi connectivity index (χ1) is 12.1. The van der Waals surface area contributed by atoms with Crippen molar-refractivity contribution >= 4 is 29.0 Å². The highest BCUT2D eigenvalue weighted by Crippen LogP contribution is 2.20. The van der Waals surface area contributed by atoms with E-state index in [0.29, 0.717) is 12.1 Å². The monoisotopic (exact) mass is 357 g/mol. The normalized spacial score (nSPS) is 14.2. The lowest BCUT2D eigenvalue weighted by molar-refractivity contribution is -0.384. The van der Waals surface area contributed by atoms with Gasteiger partial charge in [-0.25, -0.2) is 0 Å². The minimum absolute atomic E-state index is 0.0248. The molecule has 6 nitrogen and oxygen atoms in total. The first kappa shape index (κ1) is 17.3. The summed E-state index contributed by atoms with van der Waals surface area (Å²) >= 11 is 1.98. The molecule has 0 unspecified atom stereocenters. The smallest absolute Gasteiger partial charge is 0.269 e. The molecule has 1 heterocycles. The van der Waals surface area contributed by atoms with Gasteiger partial charge < -0.3 is 10.2 Å². The number of nitrogens with one attached hydrogen (secondary N) is 1. The molecular formula is C18H19N3O3S. The van der Waals surface area contributed by atoms with Crippen molar-refractivity contribution in [2.45, 2.75) is 6.54 Å². The molecular weight excluding hydrogens is 338 g/mol. The maximum absolute atomic E-state index is 12.1. The molecule has 0 aromatic heterocycles. The Hall–Kier alpha value is -2.54. The highest BCUT2D eigenvalue weighted by atomic mass is 32.2. The van der Waals surface area contributed by atoms with Gasteiger partial charge in [0.25, 0.3) is 11.6 Å². The summed E-state index contributed by atoms with van der Waals surface area (Å²) in [7, 11) is 0. The first-order valence-corrected chi connectivity index (χ1v) is 9.23. The number of nitrogens with zero attached hydrogens (tertiary/aromatic N) is 2. The van der Waals surface area contributed by atoms with Crippen LogP contribution in [-0.2, 0) is 6.54 Å². The van der Waals surface area contributed by atoms with Gasteiger partial charge in [0.2, 0.25) is 0 Å². The second-order valence-corrected chi connectivity index (χ2v) is 6.98. The molecule has 1 aliphatic heterocycles. The zero-order valence-electron chi connectivity index (χ0n) is 13.7. The third kappa shape index (κ3) is 4.51. The van der Waals surface area contributed by atoms with Gasteiger partial charge in [-0.15, -0.1) is 0 Å². The molecule has 1 saturated heterocycles. The number of amides is 1. The van der Waals surface area contributed by atoms with Gasteiger partial charge in [-0.3, -0.25) is 14.9 Å². The number of anilines is 1. The average molecular weight is 357 g/mol. The van der Waals surface area contributed by atoms with Crippen LogP contribution in [-0.4, -0.2) is 35.4 Å². The summed E-state index contributed by atoms with van der Waals surface area (Å²) in [5.41, 5.74) is 2.62. The molecule has 1 amide bonds. The lowest BCUT2D eigenvalue weighted by Gasteiger charge is -2.28. The predicted octanol–water partition coefficient (Wildman–Crippen LogP) is 3.08. The summed E-state index contributed by atoms with van der Waals surface area (Å²) in [5.74, 6) is 2.08. The molecule has 1 fully saturated rings. The van der Waals surface area contributed by atoms with Gasteiger partial charge in [-0.2, -0.15) is 11.8 Å². The Morgan fingerprint density at radius 1 is 1.08 bits per heavy atom. The van der Waals surface area contributed by atoms with Crippen molar-refractivity contribution in [3.8, 4) is 0 Å². The van der Waals surface area contributed by atoms with Crippen LogP contribution in [0.4, 0.5) is 11.4 Å². The minimum Gasteiger partial charge on any atom is -0.370 e. The van der Waals surface area contributed by atoms with Crippen molar-refractivity contribution in [2.75, 3.05) is 29.5 Å². The van der Waals surface area contributed by atoms with Gasteiger partial charge in [0.1, 0.15) is 0 Å². The van der Waals surface area contributed by atoms with Crippen LogP contribution in [0, 0.1) is 10.1 Å². The molecule has 2 aromatic carbocycles. The van der Waals surface area contributed by atoms with E-state index in [-0.39, 0.29) is 11.6 Å². The zero-order valence-corrected chi connectivity index (χ0v) is 14.5. The summed E-state index contributed by atoms with van der Waals surface area (Å²) in [4.78, 5) is 24.6. The molecule has 0 aliphatic carbocycles. The molecule has 7 heteroatoms. The van der Waals surface area contributed by atoms with Crippen LogP contribution in [0.3, 0.4) is 0 Å². The van der Waals surface area contributed by atoms with Crippen LogP contribution in [0.5, 0.6) is 0 Å². The first-order valence-electron chi connectivity index (χ1n) is 8.08. The number of carbonyl (C=O) groups is 1. The van der Waals surface area contributed by atoms with E-state index in [1.165, 1.54) is 30.0 Å². The van der Waals surface area contributed by atoms with E-state index < -0.39 is 4.92 Å². The van der Waals surface area contributed by atoms with Crippen LogP contribution in [0.25, 0.3) is 0 Å². The van der Waals surface area contributed by atoms with Crippen LogP contribution in [0.1, 0.15) is 15.9 Å². The lowest BCUT2D eigenvalue weighted by atomic mass is 10.1. The Morgan fingerprint density at radius 2 is 1.72 bits per heavy atom. The Kier molecular flexibility index (Phi) is 5.55. The number of nitro benzene ring substituents is 1. The lowest BCUT2D eigenvalue weighted by Crippen LogP contribution is -2.32. The number of carbonyl (C=O) groups excluding carboxylic acids is 1. The highest BCUT2D eigenvalue weighted by Gasteiger charge is 2.11. The highest BCUT2D eigenvalue weighted by molar-refractivity contribution is 7.99. The van der Waals surface area contributed by atoms with Gasteiger partial charge in [0.15, 0.2) is 0 Å². The summed E-state index contributed by atoms with van der Waals surface area (Å²) in [6, 6.07) is 13.8. The SMILES string of the molecule is O=C(NCc1ccc(N2CCSCC2)cc1)c1ccc([N+](=O)[O-])cc1. The van der Waals surface area contributed by atoms with Gasteiger partial charge in [0, 0.05) is 54.5 Å². The molecule has 3 rings (SSSR count). The number of hydrogen-bond acceptors (Lipinski definition) is 5. The van der Waals surface area contributed by atoms with Crippen molar-refractivity contribution in [3.05, 3.63) is 69.8 Å². The van der Waals surface area contributed by atoms with Crippen molar-refractivity contribution in [2.24, 2.45) is 0 Å². The van der Waals surface area contributed by atoms with E-state index in [2.05, 4.69) is 22.3 Å².